The van der Waals surface area contributed by atoms with Crippen molar-refractivity contribution in [2.75, 3.05) is 26.0 Å². The minimum atomic E-state index is 0.254. The lowest BCUT2D eigenvalue weighted by Gasteiger charge is -2.17. The molecule has 0 aliphatic carbocycles. The Balaban J connectivity index is 1.93. The fourth-order valence-corrected chi connectivity index (χ4v) is 2.60. The van der Waals surface area contributed by atoms with Gasteiger partial charge in [0.15, 0.2) is 0 Å². The normalized spacial score (nSPS) is 19.3. The van der Waals surface area contributed by atoms with Gasteiger partial charge in [-0.2, -0.15) is 12.6 Å². The molecule has 1 amide bonds. The smallest absolute Gasteiger partial charge is 0.222 e. The standard InChI is InChI=1S/C14H19NO2S/c1-17-13-5-3-2-4-12(13)6-7-15-9-11(10-18)8-14(15)16/h2-5,11,18H,6-10H2,1H3. The van der Waals surface area contributed by atoms with E-state index < -0.39 is 0 Å². The summed E-state index contributed by atoms with van der Waals surface area (Å²) in [5.41, 5.74) is 1.15. The lowest BCUT2D eigenvalue weighted by molar-refractivity contribution is -0.127. The third-order valence-corrected chi connectivity index (χ3v) is 3.91. The van der Waals surface area contributed by atoms with Gasteiger partial charge in [0.2, 0.25) is 5.91 Å². The molecule has 1 fully saturated rings. The van der Waals surface area contributed by atoms with Gasteiger partial charge in [0.1, 0.15) is 5.75 Å². The Kier molecular flexibility index (Phi) is 4.53. The summed E-state index contributed by atoms with van der Waals surface area (Å²) in [5.74, 6) is 2.36. The number of benzene rings is 1. The largest absolute Gasteiger partial charge is 0.496 e. The molecule has 0 N–H and O–H groups in total. The molecule has 98 valence electrons. The zero-order valence-electron chi connectivity index (χ0n) is 10.6. The molecule has 3 nitrogen and oxygen atoms in total. The quantitative estimate of drug-likeness (QED) is 0.825. The summed E-state index contributed by atoms with van der Waals surface area (Å²) in [5, 5.41) is 0. The molecule has 1 aromatic rings. The Hall–Kier alpha value is -1.16. The van der Waals surface area contributed by atoms with Crippen LogP contribution < -0.4 is 4.74 Å². The van der Waals surface area contributed by atoms with Crippen LogP contribution in [0.2, 0.25) is 0 Å². The molecule has 1 aliphatic rings. The van der Waals surface area contributed by atoms with Crippen molar-refractivity contribution in [2.24, 2.45) is 5.92 Å². The zero-order chi connectivity index (χ0) is 13.0. The Morgan fingerprint density at radius 1 is 1.44 bits per heavy atom. The summed E-state index contributed by atoms with van der Waals surface area (Å²) < 4.78 is 5.31. The van der Waals surface area contributed by atoms with Gasteiger partial charge in [0.05, 0.1) is 7.11 Å². The first-order valence-corrected chi connectivity index (χ1v) is 6.88. The van der Waals surface area contributed by atoms with Crippen molar-refractivity contribution in [1.29, 1.82) is 0 Å². The molecule has 1 aliphatic heterocycles. The maximum atomic E-state index is 11.8. The first-order chi connectivity index (χ1) is 8.74. The van der Waals surface area contributed by atoms with Crippen LogP contribution in [0.1, 0.15) is 12.0 Å². The van der Waals surface area contributed by atoms with Crippen LogP contribution in [0.25, 0.3) is 0 Å². The van der Waals surface area contributed by atoms with Gasteiger partial charge in [0, 0.05) is 19.5 Å². The Labute approximate surface area is 114 Å². The van der Waals surface area contributed by atoms with E-state index in [9.17, 15) is 4.79 Å². The van der Waals surface area contributed by atoms with E-state index >= 15 is 0 Å². The highest BCUT2D eigenvalue weighted by atomic mass is 32.1. The van der Waals surface area contributed by atoms with Crippen LogP contribution in [0.15, 0.2) is 24.3 Å². The molecule has 1 unspecified atom stereocenters. The molecule has 4 heteroatoms. The van der Waals surface area contributed by atoms with Crippen molar-refractivity contribution in [3.8, 4) is 5.75 Å². The molecule has 1 atom stereocenters. The number of rotatable bonds is 5. The summed E-state index contributed by atoms with van der Waals surface area (Å²) in [6.07, 6.45) is 1.49. The number of likely N-dealkylation sites (tertiary alicyclic amines) is 1. The van der Waals surface area contributed by atoms with E-state index in [1.807, 2.05) is 23.1 Å². The maximum Gasteiger partial charge on any atom is 0.222 e. The molecule has 0 radical (unpaired) electrons. The number of hydrogen-bond acceptors (Lipinski definition) is 3. The minimum absolute atomic E-state index is 0.254. The van der Waals surface area contributed by atoms with Gasteiger partial charge in [-0.15, -0.1) is 0 Å². The molecule has 18 heavy (non-hydrogen) atoms. The van der Waals surface area contributed by atoms with Crippen molar-refractivity contribution in [3.63, 3.8) is 0 Å². The number of methoxy groups -OCH3 is 1. The lowest BCUT2D eigenvalue weighted by atomic mass is 10.1. The average Bonchev–Trinajstić information content (AvgIpc) is 2.77. The van der Waals surface area contributed by atoms with Crippen molar-refractivity contribution in [3.05, 3.63) is 29.8 Å². The van der Waals surface area contributed by atoms with E-state index in [2.05, 4.69) is 18.7 Å². The molecular formula is C14H19NO2S. The second-order valence-corrected chi connectivity index (χ2v) is 5.02. The predicted octanol–water partition coefficient (Wildman–Crippen LogP) is 2.02. The summed E-state index contributed by atoms with van der Waals surface area (Å²) in [6.45, 7) is 1.61. The first-order valence-electron chi connectivity index (χ1n) is 6.25. The third kappa shape index (κ3) is 2.99. The lowest BCUT2D eigenvalue weighted by Crippen LogP contribution is -2.27. The van der Waals surface area contributed by atoms with Gasteiger partial charge in [0.25, 0.3) is 0 Å². The fourth-order valence-electron chi connectivity index (χ4n) is 2.36. The number of thiol groups is 1. The van der Waals surface area contributed by atoms with Crippen LogP contribution in [-0.4, -0.2) is 36.8 Å². The van der Waals surface area contributed by atoms with E-state index in [0.29, 0.717) is 12.3 Å². The number of carbonyl (C=O) groups excluding carboxylic acids is 1. The van der Waals surface area contributed by atoms with E-state index in [4.69, 9.17) is 4.74 Å². The number of para-hydroxylation sites is 1. The van der Waals surface area contributed by atoms with Gasteiger partial charge in [-0.1, -0.05) is 18.2 Å². The summed E-state index contributed by atoms with van der Waals surface area (Å²) in [6, 6.07) is 7.97. The van der Waals surface area contributed by atoms with Gasteiger partial charge in [-0.3, -0.25) is 4.79 Å². The summed E-state index contributed by atoms with van der Waals surface area (Å²) in [4.78, 5) is 13.7. The summed E-state index contributed by atoms with van der Waals surface area (Å²) in [7, 11) is 1.68. The second kappa shape index (κ2) is 6.14. The second-order valence-electron chi connectivity index (χ2n) is 4.65. The van der Waals surface area contributed by atoms with Crippen LogP contribution in [0, 0.1) is 5.92 Å². The van der Waals surface area contributed by atoms with Gasteiger partial charge in [-0.25, -0.2) is 0 Å². The number of carbonyl (C=O) groups is 1. The minimum Gasteiger partial charge on any atom is -0.496 e. The molecule has 1 saturated heterocycles. The van der Waals surface area contributed by atoms with Crippen molar-refractivity contribution in [2.45, 2.75) is 12.8 Å². The van der Waals surface area contributed by atoms with E-state index in [0.717, 1.165) is 36.6 Å². The fraction of sp³-hybridized carbons (Fsp3) is 0.500. The van der Waals surface area contributed by atoms with Gasteiger partial charge in [-0.05, 0) is 29.7 Å². The number of hydrogen-bond donors (Lipinski definition) is 1. The monoisotopic (exact) mass is 265 g/mol. The van der Waals surface area contributed by atoms with Crippen molar-refractivity contribution in [1.82, 2.24) is 4.90 Å². The Morgan fingerprint density at radius 3 is 2.89 bits per heavy atom. The molecule has 0 spiro atoms. The first kappa shape index (κ1) is 13.3. The highest BCUT2D eigenvalue weighted by Crippen LogP contribution is 2.22. The van der Waals surface area contributed by atoms with Crippen LogP contribution in [0.5, 0.6) is 5.75 Å². The maximum absolute atomic E-state index is 11.8. The van der Waals surface area contributed by atoms with E-state index in [1.54, 1.807) is 7.11 Å². The van der Waals surface area contributed by atoms with Crippen LogP contribution >= 0.6 is 12.6 Å². The molecule has 0 saturated carbocycles. The van der Waals surface area contributed by atoms with Crippen LogP contribution in [0.3, 0.4) is 0 Å². The van der Waals surface area contributed by atoms with Crippen LogP contribution in [0.4, 0.5) is 0 Å². The zero-order valence-corrected chi connectivity index (χ0v) is 11.5. The Bertz CT molecular complexity index is 422. The Morgan fingerprint density at radius 2 is 2.22 bits per heavy atom. The van der Waals surface area contributed by atoms with Crippen LogP contribution in [-0.2, 0) is 11.2 Å². The molecule has 0 aromatic heterocycles. The van der Waals surface area contributed by atoms with Gasteiger partial charge < -0.3 is 9.64 Å². The average molecular weight is 265 g/mol. The topological polar surface area (TPSA) is 29.5 Å². The summed E-state index contributed by atoms with van der Waals surface area (Å²) >= 11 is 4.27. The molecule has 2 rings (SSSR count). The van der Waals surface area contributed by atoms with E-state index in [1.165, 1.54) is 0 Å². The highest BCUT2D eigenvalue weighted by molar-refractivity contribution is 7.80. The van der Waals surface area contributed by atoms with E-state index in [-0.39, 0.29) is 5.91 Å². The van der Waals surface area contributed by atoms with Crippen molar-refractivity contribution >= 4 is 18.5 Å². The van der Waals surface area contributed by atoms with Crippen molar-refractivity contribution < 1.29 is 9.53 Å². The molecule has 0 bridgehead atoms. The molecular weight excluding hydrogens is 246 g/mol. The molecule has 1 heterocycles. The molecule has 1 aromatic carbocycles. The highest BCUT2D eigenvalue weighted by Gasteiger charge is 2.28. The number of amides is 1. The van der Waals surface area contributed by atoms with Gasteiger partial charge >= 0.3 is 0 Å². The number of nitrogens with zero attached hydrogens (tertiary/aromatic N) is 1. The number of ether oxygens (including phenoxy) is 1. The predicted molar refractivity (Wildman–Crippen MR) is 75.2 cm³/mol. The third-order valence-electron chi connectivity index (χ3n) is 3.40. The SMILES string of the molecule is COc1ccccc1CCN1CC(CS)CC1=O.